The molecule has 1 aromatic carbocycles. The summed E-state index contributed by atoms with van der Waals surface area (Å²) in [6.07, 6.45) is 0.722. The Balaban J connectivity index is 1.22. The highest BCUT2D eigenvalue weighted by molar-refractivity contribution is 9.10. The first kappa shape index (κ1) is 26.6. The molecule has 0 radical (unpaired) electrons. The zero-order valence-corrected chi connectivity index (χ0v) is 21.1. The number of carbonyl (C=O) groups excluding carboxylic acids is 2. The SMILES string of the molecule is O=C(CNC(=O)c1cccc(C(F)(F)F)c1)N[C@@H]1CCN(C2CCC(O)(c3ncccc3Br)CC2)C1. The fourth-order valence-electron chi connectivity index (χ4n) is 5.03. The third-order valence-corrected chi connectivity index (χ3v) is 7.58. The average Bonchev–Trinajstić information content (AvgIpc) is 3.31. The van der Waals surface area contributed by atoms with Gasteiger partial charge in [-0.25, -0.2) is 0 Å². The van der Waals surface area contributed by atoms with Gasteiger partial charge in [0, 0.05) is 41.4 Å². The van der Waals surface area contributed by atoms with Crippen LogP contribution in [0.3, 0.4) is 0 Å². The molecule has 2 fully saturated rings. The van der Waals surface area contributed by atoms with Crippen LogP contribution in [0.2, 0.25) is 0 Å². The number of pyridine rings is 1. The molecule has 1 aliphatic carbocycles. The number of amides is 2. The molecule has 2 aromatic rings. The van der Waals surface area contributed by atoms with Crippen molar-refractivity contribution in [3.05, 3.63) is 63.9 Å². The summed E-state index contributed by atoms with van der Waals surface area (Å²) in [5.74, 6) is -1.13. The van der Waals surface area contributed by atoms with Crippen LogP contribution in [0.1, 0.15) is 53.7 Å². The molecule has 11 heteroatoms. The zero-order chi connectivity index (χ0) is 25.9. The molecule has 1 atom stereocenters. The van der Waals surface area contributed by atoms with Crippen LogP contribution in [-0.2, 0) is 16.6 Å². The Morgan fingerprint density at radius 3 is 2.61 bits per heavy atom. The molecule has 1 saturated heterocycles. The minimum Gasteiger partial charge on any atom is -0.384 e. The Kier molecular flexibility index (Phi) is 8.01. The van der Waals surface area contributed by atoms with Gasteiger partial charge in [0.05, 0.1) is 17.8 Å². The Bertz CT molecular complexity index is 1110. The van der Waals surface area contributed by atoms with Crippen molar-refractivity contribution in [1.82, 2.24) is 20.5 Å². The van der Waals surface area contributed by atoms with Gasteiger partial charge in [-0.15, -0.1) is 0 Å². The number of carbonyl (C=O) groups is 2. The van der Waals surface area contributed by atoms with Gasteiger partial charge in [0.25, 0.3) is 5.91 Å². The van der Waals surface area contributed by atoms with Gasteiger partial charge in [0.15, 0.2) is 0 Å². The van der Waals surface area contributed by atoms with Gasteiger partial charge >= 0.3 is 6.18 Å². The monoisotopic (exact) mass is 568 g/mol. The number of rotatable bonds is 6. The van der Waals surface area contributed by atoms with E-state index in [2.05, 4.69) is 36.4 Å². The molecule has 1 aromatic heterocycles. The van der Waals surface area contributed by atoms with Crippen LogP contribution < -0.4 is 10.6 Å². The van der Waals surface area contributed by atoms with E-state index in [1.807, 2.05) is 12.1 Å². The average molecular weight is 569 g/mol. The quantitative estimate of drug-likeness (QED) is 0.495. The maximum Gasteiger partial charge on any atom is 0.416 e. The summed E-state index contributed by atoms with van der Waals surface area (Å²) in [7, 11) is 0. The summed E-state index contributed by atoms with van der Waals surface area (Å²) in [5, 5.41) is 16.4. The van der Waals surface area contributed by atoms with E-state index in [4.69, 9.17) is 0 Å². The Hall–Kier alpha value is -2.50. The van der Waals surface area contributed by atoms with Crippen molar-refractivity contribution < 1.29 is 27.9 Å². The lowest BCUT2D eigenvalue weighted by Gasteiger charge is -2.39. The third kappa shape index (κ3) is 6.24. The molecule has 0 unspecified atom stereocenters. The van der Waals surface area contributed by atoms with Crippen molar-refractivity contribution in [2.75, 3.05) is 19.6 Å². The number of halogens is 4. The second kappa shape index (κ2) is 10.9. The van der Waals surface area contributed by atoms with Crippen LogP contribution >= 0.6 is 15.9 Å². The summed E-state index contributed by atoms with van der Waals surface area (Å²) in [5.41, 5.74) is -1.36. The van der Waals surface area contributed by atoms with Gasteiger partial charge in [-0.2, -0.15) is 13.2 Å². The molecule has 0 bridgehead atoms. The molecule has 0 spiro atoms. The van der Waals surface area contributed by atoms with Crippen LogP contribution in [-0.4, -0.2) is 58.5 Å². The number of hydrogen-bond donors (Lipinski definition) is 3. The highest BCUT2D eigenvalue weighted by atomic mass is 79.9. The minimum atomic E-state index is -4.55. The highest BCUT2D eigenvalue weighted by Gasteiger charge is 2.40. The van der Waals surface area contributed by atoms with Crippen molar-refractivity contribution in [3.8, 4) is 0 Å². The van der Waals surface area contributed by atoms with Gasteiger partial charge in [0.2, 0.25) is 5.91 Å². The van der Waals surface area contributed by atoms with E-state index < -0.39 is 23.2 Å². The summed E-state index contributed by atoms with van der Waals surface area (Å²) < 4.78 is 39.4. The van der Waals surface area contributed by atoms with E-state index >= 15 is 0 Å². The second-order valence-electron chi connectivity index (χ2n) is 9.41. The minimum absolute atomic E-state index is 0.0753. The van der Waals surface area contributed by atoms with Crippen LogP contribution in [0.4, 0.5) is 13.2 Å². The van der Waals surface area contributed by atoms with E-state index in [1.54, 1.807) is 6.20 Å². The molecular formula is C25H28BrF3N4O3. The van der Waals surface area contributed by atoms with Crippen LogP contribution in [0.15, 0.2) is 47.1 Å². The predicted octanol–water partition coefficient (Wildman–Crippen LogP) is 3.61. The van der Waals surface area contributed by atoms with Gasteiger partial charge in [-0.05, 0) is 78.4 Å². The van der Waals surface area contributed by atoms with Gasteiger partial charge in [-0.3, -0.25) is 19.5 Å². The van der Waals surface area contributed by atoms with Gasteiger partial charge < -0.3 is 15.7 Å². The molecule has 2 aliphatic rings. The lowest BCUT2D eigenvalue weighted by molar-refractivity contribution is -0.137. The van der Waals surface area contributed by atoms with E-state index in [0.717, 1.165) is 48.5 Å². The number of aromatic nitrogens is 1. The van der Waals surface area contributed by atoms with Crippen LogP contribution in [0.5, 0.6) is 0 Å². The largest absolute Gasteiger partial charge is 0.416 e. The molecule has 2 amide bonds. The van der Waals surface area contributed by atoms with Crippen molar-refractivity contribution in [2.45, 2.75) is 56.0 Å². The summed E-state index contributed by atoms with van der Waals surface area (Å²) in [6.45, 7) is 1.17. The lowest BCUT2D eigenvalue weighted by Crippen LogP contribution is -2.45. The number of nitrogens with zero attached hydrogens (tertiary/aromatic N) is 2. The third-order valence-electron chi connectivity index (χ3n) is 6.94. The Morgan fingerprint density at radius 2 is 1.92 bits per heavy atom. The smallest absolute Gasteiger partial charge is 0.384 e. The summed E-state index contributed by atoms with van der Waals surface area (Å²) in [6, 6.07) is 8.00. The number of aliphatic hydroxyl groups is 1. The molecule has 1 saturated carbocycles. The fourth-order valence-corrected chi connectivity index (χ4v) is 5.65. The molecule has 4 rings (SSSR count). The molecule has 1 aliphatic heterocycles. The van der Waals surface area contributed by atoms with E-state index in [0.29, 0.717) is 31.1 Å². The fraction of sp³-hybridized carbons (Fsp3) is 0.480. The van der Waals surface area contributed by atoms with Crippen molar-refractivity contribution in [3.63, 3.8) is 0 Å². The van der Waals surface area contributed by atoms with Crippen molar-refractivity contribution >= 4 is 27.7 Å². The van der Waals surface area contributed by atoms with Crippen LogP contribution in [0.25, 0.3) is 0 Å². The second-order valence-corrected chi connectivity index (χ2v) is 10.3. The molecule has 36 heavy (non-hydrogen) atoms. The van der Waals surface area contributed by atoms with E-state index in [1.165, 1.54) is 6.07 Å². The summed E-state index contributed by atoms with van der Waals surface area (Å²) in [4.78, 5) is 31.2. The van der Waals surface area contributed by atoms with Gasteiger partial charge in [-0.1, -0.05) is 6.07 Å². The maximum absolute atomic E-state index is 12.9. The van der Waals surface area contributed by atoms with Gasteiger partial charge in [0.1, 0.15) is 5.60 Å². The first-order chi connectivity index (χ1) is 17.0. The first-order valence-electron chi connectivity index (χ1n) is 11.9. The zero-order valence-electron chi connectivity index (χ0n) is 19.5. The lowest BCUT2D eigenvalue weighted by atomic mass is 9.79. The molecule has 2 heterocycles. The maximum atomic E-state index is 12.9. The normalized spacial score (nSPS) is 24.9. The standard InChI is InChI=1S/C25H28BrF3N4O3/c26-20-5-2-11-30-22(20)24(36)9-6-19(7-10-24)33-12-8-18(15-33)32-21(34)14-31-23(35)16-3-1-4-17(13-16)25(27,28)29/h1-5,11,13,18-19,36H,6-10,12,14-15H2,(H,31,35)(H,32,34)/t18-,19?,24?/m1/s1. The topological polar surface area (TPSA) is 94.6 Å². The van der Waals surface area contributed by atoms with Crippen LogP contribution in [0, 0.1) is 0 Å². The Labute approximate surface area is 215 Å². The molecule has 194 valence electrons. The van der Waals surface area contributed by atoms with E-state index in [-0.39, 0.29) is 24.1 Å². The Morgan fingerprint density at radius 1 is 1.17 bits per heavy atom. The van der Waals surface area contributed by atoms with Crippen molar-refractivity contribution in [2.24, 2.45) is 0 Å². The molecule has 3 N–H and O–H groups in total. The molecular weight excluding hydrogens is 541 g/mol. The van der Waals surface area contributed by atoms with Crippen molar-refractivity contribution in [1.29, 1.82) is 0 Å². The first-order valence-corrected chi connectivity index (χ1v) is 12.7. The number of nitrogens with one attached hydrogen (secondary N) is 2. The number of benzene rings is 1. The number of hydrogen-bond acceptors (Lipinski definition) is 5. The summed E-state index contributed by atoms with van der Waals surface area (Å²) >= 11 is 3.48. The predicted molar refractivity (Wildman–Crippen MR) is 130 cm³/mol. The highest BCUT2D eigenvalue weighted by Crippen LogP contribution is 2.40. The molecule has 7 nitrogen and oxygen atoms in total. The van der Waals surface area contributed by atoms with E-state index in [9.17, 15) is 27.9 Å². The number of likely N-dealkylation sites (tertiary alicyclic amines) is 1. The number of alkyl halides is 3.